The van der Waals surface area contributed by atoms with Gasteiger partial charge in [-0.15, -0.1) is 0 Å². The molecule has 2 aliphatic carbocycles. The van der Waals surface area contributed by atoms with E-state index >= 15 is 0 Å². The molecule has 2 saturated carbocycles. The van der Waals surface area contributed by atoms with Gasteiger partial charge in [-0.3, -0.25) is 4.79 Å². The fraction of sp³-hybridized carbons (Fsp3) is 0.750. The fourth-order valence-electron chi connectivity index (χ4n) is 3.01. The van der Waals surface area contributed by atoms with Crippen molar-refractivity contribution in [3.8, 4) is 0 Å². The minimum absolute atomic E-state index is 0.406. The summed E-state index contributed by atoms with van der Waals surface area (Å²) in [6, 6.07) is 0. The van der Waals surface area contributed by atoms with Gasteiger partial charge in [-0.1, -0.05) is 19.1 Å². The zero-order valence-corrected chi connectivity index (χ0v) is 8.44. The number of hydrogen-bond donors (Lipinski definition) is 0. The number of carbonyl (C=O) groups is 1. The van der Waals surface area contributed by atoms with Crippen LogP contribution in [0.1, 0.15) is 45.4 Å². The third kappa shape index (κ3) is 1.45. The van der Waals surface area contributed by atoms with Gasteiger partial charge in [0.15, 0.2) is 0 Å². The molecule has 2 rings (SSSR count). The lowest BCUT2D eigenvalue weighted by molar-refractivity contribution is -0.124. The number of Topliss-reactive ketones (excluding diaryl/α,β-unsaturated/α-hetero) is 1. The second kappa shape index (κ2) is 2.97. The van der Waals surface area contributed by atoms with E-state index < -0.39 is 0 Å². The lowest BCUT2D eigenvalue weighted by Gasteiger charge is -2.45. The number of rotatable bonds is 0. The van der Waals surface area contributed by atoms with Crippen molar-refractivity contribution in [3.05, 3.63) is 12.2 Å². The fourth-order valence-corrected chi connectivity index (χ4v) is 3.01. The summed E-state index contributed by atoms with van der Waals surface area (Å²) < 4.78 is 0. The average Bonchev–Trinajstić information content (AvgIpc) is 2.08. The molecule has 72 valence electrons. The second-order valence-electron chi connectivity index (χ2n) is 4.96. The van der Waals surface area contributed by atoms with Crippen molar-refractivity contribution in [1.29, 1.82) is 0 Å². The monoisotopic (exact) mass is 178 g/mol. The van der Waals surface area contributed by atoms with Crippen LogP contribution in [0.4, 0.5) is 0 Å². The van der Waals surface area contributed by atoms with Gasteiger partial charge < -0.3 is 0 Å². The first-order valence-corrected chi connectivity index (χ1v) is 5.31. The van der Waals surface area contributed by atoms with Crippen LogP contribution in [0, 0.1) is 11.3 Å². The smallest absolute Gasteiger partial charge is 0.133 e. The first-order valence-electron chi connectivity index (χ1n) is 5.31. The molecule has 0 aromatic carbocycles. The molecule has 1 heteroatoms. The van der Waals surface area contributed by atoms with Crippen molar-refractivity contribution in [1.82, 2.24) is 0 Å². The maximum atomic E-state index is 11.4. The highest BCUT2D eigenvalue weighted by molar-refractivity contribution is 5.80. The molecule has 2 aliphatic rings. The third-order valence-electron chi connectivity index (χ3n) is 3.99. The summed E-state index contributed by atoms with van der Waals surface area (Å²) in [6.45, 7) is 6.47. The number of ketones is 1. The van der Waals surface area contributed by atoms with Crippen molar-refractivity contribution in [2.24, 2.45) is 11.3 Å². The highest BCUT2D eigenvalue weighted by Gasteiger charge is 2.42. The van der Waals surface area contributed by atoms with Crippen LogP contribution in [0.15, 0.2) is 12.2 Å². The molecule has 0 aromatic heterocycles. The minimum Gasteiger partial charge on any atom is -0.300 e. The summed E-state index contributed by atoms with van der Waals surface area (Å²) in [5.74, 6) is 0.952. The molecule has 0 unspecified atom stereocenters. The van der Waals surface area contributed by atoms with Gasteiger partial charge in [-0.2, -0.15) is 0 Å². The topological polar surface area (TPSA) is 17.1 Å². The molecule has 0 heterocycles. The number of carbonyl (C=O) groups excluding carboxylic acids is 1. The molecule has 0 N–H and O–H groups in total. The highest BCUT2D eigenvalue weighted by Crippen LogP contribution is 2.50. The van der Waals surface area contributed by atoms with Gasteiger partial charge in [-0.25, -0.2) is 0 Å². The number of allylic oxidation sites excluding steroid dienone is 1. The summed E-state index contributed by atoms with van der Waals surface area (Å²) >= 11 is 0. The first-order chi connectivity index (χ1) is 6.12. The van der Waals surface area contributed by atoms with Crippen LogP contribution in [0.3, 0.4) is 0 Å². The van der Waals surface area contributed by atoms with E-state index in [-0.39, 0.29) is 0 Å². The third-order valence-corrected chi connectivity index (χ3v) is 3.99. The maximum Gasteiger partial charge on any atom is 0.133 e. The van der Waals surface area contributed by atoms with E-state index in [0.29, 0.717) is 17.1 Å². The summed E-state index contributed by atoms with van der Waals surface area (Å²) in [5.41, 5.74) is 1.74. The van der Waals surface area contributed by atoms with E-state index in [4.69, 9.17) is 0 Å². The molecule has 0 aromatic rings. The van der Waals surface area contributed by atoms with E-state index in [1.165, 1.54) is 18.4 Å². The largest absolute Gasteiger partial charge is 0.300 e. The molecule has 2 atom stereocenters. The maximum absolute atomic E-state index is 11.4. The van der Waals surface area contributed by atoms with Crippen molar-refractivity contribution < 1.29 is 4.79 Å². The van der Waals surface area contributed by atoms with Crippen LogP contribution in [0.2, 0.25) is 0 Å². The molecular formula is C12H18O. The van der Waals surface area contributed by atoms with E-state index in [1.54, 1.807) is 0 Å². The molecule has 2 fully saturated rings. The first kappa shape index (κ1) is 8.98. The van der Waals surface area contributed by atoms with Gasteiger partial charge >= 0.3 is 0 Å². The summed E-state index contributed by atoms with van der Waals surface area (Å²) in [4.78, 5) is 11.4. The molecule has 0 aliphatic heterocycles. The summed E-state index contributed by atoms with van der Waals surface area (Å²) in [7, 11) is 0. The average molecular weight is 178 g/mol. The van der Waals surface area contributed by atoms with Crippen LogP contribution in [-0.4, -0.2) is 5.78 Å². The Morgan fingerprint density at radius 3 is 2.92 bits per heavy atom. The van der Waals surface area contributed by atoms with Crippen LogP contribution in [0.5, 0.6) is 0 Å². The number of hydrogen-bond acceptors (Lipinski definition) is 1. The Bertz CT molecular complexity index is 254. The van der Waals surface area contributed by atoms with E-state index in [9.17, 15) is 4.79 Å². The van der Waals surface area contributed by atoms with E-state index in [2.05, 4.69) is 13.5 Å². The standard InChI is InChI=1S/C12H18O/c1-9-4-3-6-12(2)7-5-10(13)8-11(9)12/h11H,1,3-8H2,2H3/t11-,12-/m1/s1. The summed E-state index contributed by atoms with van der Waals surface area (Å²) in [5, 5.41) is 0. The predicted molar refractivity (Wildman–Crippen MR) is 53.4 cm³/mol. The minimum atomic E-state index is 0.406. The van der Waals surface area contributed by atoms with Crippen molar-refractivity contribution in [2.75, 3.05) is 0 Å². The Labute approximate surface area is 80.2 Å². The zero-order chi connectivity index (χ0) is 9.47. The molecule has 0 amide bonds. The number of fused-ring (bicyclic) bond motifs is 1. The highest BCUT2D eigenvalue weighted by atomic mass is 16.1. The van der Waals surface area contributed by atoms with Crippen LogP contribution in [0.25, 0.3) is 0 Å². The van der Waals surface area contributed by atoms with Crippen LogP contribution >= 0.6 is 0 Å². The van der Waals surface area contributed by atoms with Crippen molar-refractivity contribution in [3.63, 3.8) is 0 Å². The van der Waals surface area contributed by atoms with Crippen LogP contribution < -0.4 is 0 Å². The van der Waals surface area contributed by atoms with Gasteiger partial charge in [0.25, 0.3) is 0 Å². The predicted octanol–water partition coefficient (Wildman–Crippen LogP) is 3.10. The van der Waals surface area contributed by atoms with Gasteiger partial charge in [0.1, 0.15) is 5.78 Å². The van der Waals surface area contributed by atoms with Crippen molar-refractivity contribution in [2.45, 2.75) is 45.4 Å². The normalized spacial score (nSPS) is 40.2. The second-order valence-corrected chi connectivity index (χ2v) is 4.96. The molecule has 0 saturated heterocycles. The molecule has 0 radical (unpaired) electrons. The molecule has 1 nitrogen and oxygen atoms in total. The Balaban J connectivity index is 2.22. The zero-order valence-electron chi connectivity index (χ0n) is 8.44. The van der Waals surface area contributed by atoms with Gasteiger partial charge in [-0.05, 0) is 37.0 Å². The van der Waals surface area contributed by atoms with E-state index in [0.717, 1.165) is 25.7 Å². The Morgan fingerprint density at radius 2 is 2.15 bits per heavy atom. The Kier molecular flexibility index (Phi) is 2.05. The van der Waals surface area contributed by atoms with Crippen molar-refractivity contribution >= 4 is 5.78 Å². The van der Waals surface area contributed by atoms with Gasteiger partial charge in [0.05, 0.1) is 0 Å². The van der Waals surface area contributed by atoms with E-state index in [1.807, 2.05) is 0 Å². The SMILES string of the molecule is C=C1CCC[C@]2(C)CCC(=O)C[C@H]12. The lowest BCUT2D eigenvalue weighted by Crippen LogP contribution is -2.38. The summed E-state index contributed by atoms with van der Waals surface area (Å²) in [6.07, 6.45) is 6.39. The molecule has 0 bridgehead atoms. The molecular weight excluding hydrogens is 160 g/mol. The Hall–Kier alpha value is -0.590. The molecule has 0 spiro atoms. The quantitative estimate of drug-likeness (QED) is 0.521. The molecule has 13 heavy (non-hydrogen) atoms. The lowest BCUT2D eigenvalue weighted by atomic mass is 9.59. The van der Waals surface area contributed by atoms with Gasteiger partial charge in [0.2, 0.25) is 0 Å². The Morgan fingerprint density at radius 1 is 1.38 bits per heavy atom. The van der Waals surface area contributed by atoms with Crippen LogP contribution in [-0.2, 0) is 4.79 Å². The van der Waals surface area contributed by atoms with Gasteiger partial charge in [0, 0.05) is 12.8 Å².